The van der Waals surface area contributed by atoms with Crippen molar-refractivity contribution in [2.24, 2.45) is 0 Å². The largest absolute Gasteiger partial charge is 0.482 e. The second kappa shape index (κ2) is 6.41. The van der Waals surface area contributed by atoms with Gasteiger partial charge >= 0.3 is 0 Å². The zero-order chi connectivity index (χ0) is 18.3. The van der Waals surface area contributed by atoms with Gasteiger partial charge in [0.05, 0.1) is 6.04 Å². The van der Waals surface area contributed by atoms with Gasteiger partial charge in [-0.05, 0) is 38.1 Å². The second-order valence-corrected chi connectivity index (χ2v) is 6.62. The van der Waals surface area contributed by atoms with Gasteiger partial charge in [0, 0.05) is 12.4 Å². The molecule has 3 unspecified atom stereocenters. The van der Waals surface area contributed by atoms with Crippen molar-refractivity contribution in [1.82, 2.24) is 4.90 Å². The van der Waals surface area contributed by atoms with Crippen LogP contribution in [0.3, 0.4) is 0 Å². The smallest absolute Gasteiger partial charge is 0.267 e. The Balaban J connectivity index is 1.55. The summed E-state index contributed by atoms with van der Waals surface area (Å²) in [4.78, 5) is 14.7. The van der Waals surface area contributed by atoms with Crippen molar-refractivity contribution in [2.75, 3.05) is 7.05 Å². The summed E-state index contributed by atoms with van der Waals surface area (Å²) in [7, 11) is 1.76. The third-order valence-corrected chi connectivity index (χ3v) is 4.87. The lowest BCUT2D eigenvalue weighted by Gasteiger charge is -2.34. The molecule has 0 saturated heterocycles. The van der Waals surface area contributed by atoms with E-state index in [-0.39, 0.29) is 18.1 Å². The van der Waals surface area contributed by atoms with E-state index >= 15 is 0 Å². The van der Waals surface area contributed by atoms with E-state index in [0.29, 0.717) is 11.5 Å². The average molecular weight is 351 g/mol. The van der Waals surface area contributed by atoms with Crippen molar-refractivity contribution >= 4 is 16.9 Å². The van der Waals surface area contributed by atoms with Gasteiger partial charge in [-0.15, -0.1) is 0 Å². The van der Waals surface area contributed by atoms with E-state index in [0.717, 1.165) is 16.7 Å². The molecule has 5 heteroatoms. The SMILES string of the molecule is CC1Oc2ccccc2OC1C(=O)N(C)C(C)c1cc2ccccc2o1. The fraction of sp³-hybridized carbons (Fsp3) is 0.286. The standard InChI is InChI=1S/C21H21NO4/c1-13(19-12-15-8-4-5-9-16(15)25-19)22(3)21(23)20-14(2)24-17-10-6-7-11-18(17)26-20/h4-14,20H,1-3H3. The maximum absolute atomic E-state index is 13.0. The van der Waals surface area contributed by atoms with Crippen LogP contribution in [0.15, 0.2) is 59.0 Å². The summed E-state index contributed by atoms with van der Waals surface area (Å²) in [5, 5.41) is 1.02. The number of ether oxygens (including phenoxy) is 2. The van der Waals surface area contributed by atoms with Crippen LogP contribution >= 0.6 is 0 Å². The molecule has 2 heterocycles. The molecule has 0 spiro atoms. The number of rotatable bonds is 3. The molecule has 1 amide bonds. The maximum Gasteiger partial charge on any atom is 0.267 e. The van der Waals surface area contributed by atoms with Crippen LogP contribution in [0.5, 0.6) is 11.5 Å². The topological polar surface area (TPSA) is 51.9 Å². The normalized spacial score (nSPS) is 20.0. The van der Waals surface area contributed by atoms with Crippen LogP contribution in [0.2, 0.25) is 0 Å². The molecule has 2 aromatic carbocycles. The summed E-state index contributed by atoms with van der Waals surface area (Å²) in [5.74, 6) is 1.86. The quantitative estimate of drug-likeness (QED) is 0.710. The van der Waals surface area contributed by atoms with Crippen molar-refractivity contribution in [1.29, 1.82) is 0 Å². The first kappa shape index (κ1) is 16.5. The Hall–Kier alpha value is -2.95. The first-order chi connectivity index (χ1) is 12.5. The highest BCUT2D eigenvalue weighted by Gasteiger charge is 2.37. The summed E-state index contributed by atoms with van der Waals surface area (Å²) in [6.45, 7) is 3.79. The minimum absolute atomic E-state index is 0.139. The van der Waals surface area contributed by atoms with Crippen LogP contribution < -0.4 is 9.47 Å². The number of likely N-dealkylation sites (N-methyl/N-ethyl adjacent to an activating group) is 1. The highest BCUT2D eigenvalue weighted by atomic mass is 16.6. The molecular weight excluding hydrogens is 330 g/mol. The number of benzene rings is 2. The fourth-order valence-corrected chi connectivity index (χ4v) is 3.18. The lowest BCUT2D eigenvalue weighted by atomic mass is 10.1. The van der Waals surface area contributed by atoms with Gasteiger partial charge in [0.2, 0.25) is 6.10 Å². The Morgan fingerprint density at radius 2 is 1.69 bits per heavy atom. The molecule has 1 aliphatic heterocycles. The summed E-state index contributed by atoms with van der Waals surface area (Å²) in [5.41, 5.74) is 0.815. The number of amides is 1. The molecule has 0 aliphatic carbocycles. The van der Waals surface area contributed by atoms with E-state index in [4.69, 9.17) is 13.9 Å². The van der Waals surface area contributed by atoms with Gasteiger partial charge in [-0.3, -0.25) is 4.79 Å². The number of fused-ring (bicyclic) bond motifs is 2. The Kier molecular flexibility index (Phi) is 4.07. The predicted molar refractivity (Wildman–Crippen MR) is 98.3 cm³/mol. The molecule has 0 radical (unpaired) electrons. The molecule has 1 aliphatic rings. The van der Waals surface area contributed by atoms with Gasteiger partial charge in [0.15, 0.2) is 11.5 Å². The van der Waals surface area contributed by atoms with Gasteiger partial charge in [-0.25, -0.2) is 0 Å². The third kappa shape index (κ3) is 2.79. The summed E-state index contributed by atoms with van der Waals surface area (Å²) >= 11 is 0. The molecule has 1 aromatic heterocycles. The summed E-state index contributed by atoms with van der Waals surface area (Å²) in [6.07, 6.45) is -1.07. The highest BCUT2D eigenvalue weighted by molar-refractivity contribution is 5.83. The Bertz CT molecular complexity index is 915. The lowest BCUT2D eigenvalue weighted by molar-refractivity contribution is -0.145. The Morgan fingerprint density at radius 1 is 1.04 bits per heavy atom. The van der Waals surface area contributed by atoms with Gasteiger partial charge in [-0.1, -0.05) is 30.3 Å². The van der Waals surface area contributed by atoms with E-state index in [9.17, 15) is 4.79 Å². The Morgan fingerprint density at radius 3 is 2.42 bits per heavy atom. The van der Waals surface area contributed by atoms with E-state index in [2.05, 4.69) is 0 Å². The number of hydrogen-bond donors (Lipinski definition) is 0. The van der Waals surface area contributed by atoms with Crippen LogP contribution in [-0.4, -0.2) is 30.1 Å². The molecule has 3 atom stereocenters. The second-order valence-electron chi connectivity index (χ2n) is 6.62. The minimum atomic E-state index is -0.693. The van der Waals surface area contributed by atoms with Crippen molar-refractivity contribution < 1.29 is 18.7 Å². The van der Waals surface area contributed by atoms with Crippen LogP contribution in [0.1, 0.15) is 25.6 Å². The number of carbonyl (C=O) groups excluding carboxylic acids is 1. The van der Waals surface area contributed by atoms with Gasteiger partial charge in [-0.2, -0.15) is 0 Å². The molecule has 0 N–H and O–H groups in total. The predicted octanol–water partition coefficient (Wildman–Crippen LogP) is 4.18. The number of nitrogens with zero attached hydrogens (tertiary/aromatic N) is 1. The van der Waals surface area contributed by atoms with Crippen molar-refractivity contribution in [3.05, 3.63) is 60.4 Å². The summed E-state index contributed by atoms with van der Waals surface area (Å²) < 4.78 is 17.7. The Labute approximate surface area is 152 Å². The number of para-hydroxylation sites is 3. The molecule has 134 valence electrons. The van der Waals surface area contributed by atoms with Crippen LogP contribution in [-0.2, 0) is 4.79 Å². The van der Waals surface area contributed by atoms with Crippen LogP contribution in [0.25, 0.3) is 11.0 Å². The van der Waals surface area contributed by atoms with E-state index in [1.165, 1.54) is 0 Å². The van der Waals surface area contributed by atoms with E-state index < -0.39 is 6.10 Å². The van der Waals surface area contributed by atoms with E-state index in [1.54, 1.807) is 11.9 Å². The first-order valence-electron chi connectivity index (χ1n) is 8.72. The zero-order valence-corrected chi connectivity index (χ0v) is 15.0. The first-order valence-corrected chi connectivity index (χ1v) is 8.72. The average Bonchev–Trinajstić information content (AvgIpc) is 3.10. The van der Waals surface area contributed by atoms with Crippen molar-refractivity contribution in [2.45, 2.75) is 32.1 Å². The summed E-state index contributed by atoms with van der Waals surface area (Å²) in [6, 6.07) is 17.0. The maximum atomic E-state index is 13.0. The minimum Gasteiger partial charge on any atom is -0.482 e. The number of hydrogen-bond acceptors (Lipinski definition) is 4. The molecule has 3 aromatic rings. The molecule has 4 rings (SSSR count). The van der Waals surface area contributed by atoms with Gasteiger partial charge in [0.25, 0.3) is 5.91 Å². The molecule has 26 heavy (non-hydrogen) atoms. The molecule has 0 saturated carbocycles. The number of furan rings is 1. The lowest BCUT2D eigenvalue weighted by Crippen LogP contribution is -2.50. The van der Waals surface area contributed by atoms with Crippen molar-refractivity contribution in [3.63, 3.8) is 0 Å². The van der Waals surface area contributed by atoms with Gasteiger partial charge in [0.1, 0.15) is 17.4 Å². The molecule has 0 bridgehead atoms. The van der Waals surface area contributed by atoms with Crippen LogP contribution in [0, 0.1) is 0 Å². The van der Waals surface area contributed by atoms with Crippen molar-refractivity contribution in [3.8, 4) is 11.5 Å². The molecular formula is C21H21NO4. The number of carbonyl (C=O) groups is 1. The monoisotopic (exact) mass is 351 g/mol. The fourth-order valence-electron chi connectivity index (χ4n) is 3.18. The van der Waals surface area contributed by atoms with Gasteiger partial charge < -0.3 is 18.8 Å². The highest BCUT2D eigenvalue weighted by Crippen LogP contribution is 2.35. The van der Waals surface area contributed by atoms with Crippen LogP contribution in [0.4, 0.5) is 0 Å². The molecule has 0 fully saturated rings. The zero-order valence-electron chi connectivity index (χ0n) is 15.0. The van der Waals surface area contributed by atoms with E-state index in [1.807, 2.05) is 68.4 Å². The third-order valence-electron chi connectivity index (χ3n) is 4.87. The molecule has 5 nitrogen and oxygen atoms in total.